The van der Waals surface area contributed by atoms with Gasteiger partial charge in [-0.05, 0) is 12.2 Å². The van der Waals surface area contributed by atoms with E-state index in [4.69, 9.17) is 9.79 Å². The Morgan fingerprint density at radius 3 is 0.889 bits per heavy atom. The Morgan fingerprint density at radius 1 is 0.400 bits per heavy atom. The van der Waals surface area contributed by atoms with E-state index in [1.54, 1.807) is 0 Å². The van der Waals surface area contributed by atoms with Crippen molar-refractivity contribution in [3.8, 4) is 0 Å². The van der Waals surface area contributed by atoms with Crippen molar-refractivity contribution in [3.05, 3.63) is 12.2 Å². The lowest BCUT2D eigenvalue weighted by Crippen LogP contribution is -2.70. The first-order valence-electron chi connectivity index (χ1n) is 9.89. The SMILES string of the molecule is O=P(O)(O)CCC(F)(F)C(F)(F)C(F)(F)C(F)(F)C(F)(F)C(F)(F)C=CC(F)(F)C(F)(F)C(F)(F)C(F)(F)C(F)(F)C(F)(F)F. The van der Waals surface area contributed by atoms with Crippen LogP contribution in [0.2, 0.25) is 0 Å². The zero-order chi connectivity index (χ0) is 37.3. The van der Waals surface area contributed by atoms with Gasteiger partial charge in [0.2, 0.25) is 0 Å². The monoisotopic (exact) mass is 754 g/mol. The van der Waals surface area contributed by atoms with E-state index in [2.05, 4.69) is 0 Å². The fraction of sp³-hybridized carbons (Fsp3) is 0.875. The van der Waals surface area contributed by atoms with Crippen LogP contribution in [0.5, 0.6) is 0 Å². The largest absolute Gasteiger partial charge is 0.460 e. The number of hydrogen-bond acceptors (Lipinski definition) is 1. The molecule has 0 aromatic carbocycles. The van der Waals surface area contributed by atoms with Crippen LogP contribution in [0.3, 0.4) is 0 Å². The summed E-state index contributed by atoms with van der Waals surface area (Å²) in [7, 11) is -5.92. The number of rotatable bonds is 14. The Hall–Kier alpha value is -1.86. The van der Waals surface area contributed by atoms with E-state index in [0.29, 0.717) is 0 Å². The summed E-state index contributed by atoms with van der Waals surface area (Å²) in [6, 6.07) is 0. The third-order valence-electron chi connectivity index (χ3n) is 5.24. The van der Waals surface area contributed by atoms with Crippen molar-refractivity contribution >= 4 is 7.60 Å². The van der Waals surface area contributed by atoms with Gasteiger partial charge in [-0.25, -0.2) is 0 Å². The molecule has 0 rings (SSSR count). The summed E-state index contributed by atoms with van der Waals surface area (Å²) in [5.74, 6) is -90.9. The molecule has 0 radical (unpaired) electrons. The molecule has 0 saturated heterocycles. The maximum absolute atomic E-state index is 13.7. The number of alkyl halides is 25. The molecule has 2 N–H and O–H groups in total. The van der Waals surface area contributed by atoms with E-state index in [-0.39, 0.29) is 0 Å². The molecule has 3 nitrogen and oxygen atoms in total. The lowest BCUT2D eigenvalue weighted by atomic mass is 9.89. The third-order valence-corrected chi connectivity index (χ3v) is 6.04. The van der Waals surface area contributed by atoms with Crippen LogP contribution in [-0.2, 0) is 4.57 Å². The van der Waals surface area contributed by atoms with Crippen LogP contribution in [-0.4, -0.2) is 87.3 Å². The van der Waals surface area contributed by atoms with Gasteiger partial charge in [-0.15, -0.1) is 0 Å². The number of hydrogen-bond donors (Lipinski definition) is 2. The molecule has 0 unspecified atom stereocenters. The minimum atomic E-state index is -8.76. The molecular weight excluding hydrogens is 746 g/mol. The molecule has 29 heteroatoms. The first-order chi connectivity index (χ1) is 18.9. The van der Waals surface area contributed by atoms with E-state index in [9.17, 15) is 114 Å². The van der Waals surface area contributed by atoms with E-state index in [1.807, 2.05) is 0 Å². The molecule has 0 aromatic rings. The second kappa shape index (κ2) is 11.1. The molecule has 0 fully saturated rings. The zero-order valence-electron chi connectivity index (χ0n) is 19.8. The molecule has 0 aliphatic rings. The van der Waals surface area contributed by atoms with Crippen LogP contribution >= 0.6 is 7.60 Å². The highest BCUT2D eigenvalue weighted by atomic mass is 31.2. The zero-order valence-corrected chi connectivity index (χ0v) is 20.7. The molecule has 0 aliphatic heterocycles. The van der Waals surface area contributed by atoms with Crippen LogP contribution < -0.4 is 0 Å². The van der Waals surface area contributed by atoms with Crippen LogP contribution in [0.1, 0.15) is 6.42 Å². The fourth-order valence-corrected chi connectivity index (χ4v) is 3.05. The van der Waals surface area contributed by atoms with Crippen molar-refractivity contribution in [2.24, 2.45) is 0 Å². The first kappa shape index (κ1) is 43.1. The topological polar surface area (TPSA) is 57.5 Å². The van der Waals surface area contributed by atoms with E-state index in [1.165, 1.54) is 0 Å². The Labute approximate surface area is 229 Å². The van der Waals surface area contributed by atoms with E-state index < -0.39 is 104 Å². The van der Waals surface area contributed by atoms with Gasteiger partial charge in [0.25, 0.3) is 0 Å². The lowest BCUT2D eigenvalue weighted by Gasteiger charge is -2.41. The molecule has 0 heterocycles. The normalized spacial score (nSPS) is 17.0. The van der Waals surface area contributed by atoms with Gasteiger partial charge in [-0.3, -0.25) is 4.57 Å². The molecule has 0 atom stereocenters. The standard InChI is InChI=1S/C16H8F25O3P/c17-5(18,1-2-6(19,20)9(25,26)13(33,34)14(35,36)15(37,38)16(39,40)41)8(23,24)11(29,30)12(31,32)10(27,28)7(21,22)3-4-45(42,43)44/h1-2H,3-4H2,(H2,42,43,44). The van der Waals surface area contributed by atoms with Crippen molar-refractivity contribution in [2.45, 2.75) is 77.7 Å². The van der Waals surface area contributed by atoms with Crippen molar-refractivity contribution in [1.29, 1.82) is 0 Å². The van der Waals surface area contributed by atoms with Crippen molar-refractivity contribution in [2.75, 3.05) is 6.16 Å². The molecule has 0 spiro atoms. The Kier molecular flexibility index (Phi) is 10.6. The second-order valence-electron chi connectivity index (χ2n) is 8.51. The van der Waals surface area contributed by atoms with Gasteiger partial charge in [-0.1, -0.05) is 0 Å². The second-order valence-corrected chi connectivity index (χ2v) is 10.3. The van der Waals surface area contributed by atoms with Gasteiger partial charge >= 0.3 is 78.9 Å². The van der Waals surface area contributed by atoms with Crippen molar-refractivity contribution < 1.29 is 124 Å². The Bertz CT molecular complexity index is 1150. The molecule has 0 amide bonds. The highest BCUT2D eigenvalue weighted by Crippen LogP contribution is 2.63. The molecule has 45 heavy (non-hydrogen) atoms. The summed E-state index contributed by atoms with van der Waals surface area (Å²) in [5, 5.41) is 0. The van der Waals surface area contributed by atoms with Crippen LogP contribution in [0.4, 0.5) is 110 Å². The lowest BCUT2D eigenvalue weighted by molar-refractivity contribution is -0.436. The predicted molar refractivity (Wildman–Crippen MR) is 91.1 cm³/mol. The average Bonchev–Trinajstić information content (AvgIpc) is 2.79. The number of allylic oxidation sites excluding steroid dienone is 2. The van der Waals surface area contributed by atoms with Gasteiger partial charge in [-0.2, -0.15) is 110 Å². The summed E-state index contributed by atoms with van der Waals surface area (Å²) in [4.78, 5) is 16.6. The molecule has 0 saturated carbocycles. The summed E-state index contributed by atoms with van der Waals surface area (Å²) in [6.07, 6.45) is -19.9. The van der Waals surface area contributed by atoms with Crippen molar-refractivity contribution in [3.63, 3.8) is 0 Å². The van der Waals surface area contributed by atoms with Crippen molar-refractivity contribution in [1.82, 2.24) is 0 Å². The van der Waals surface area contributed by atoms with E-state index >= 15 is 0 Å². The summed E-state index contributed by atoms with van der Waals surface area (Å²) < 4.78 is 342. The maximum Gasteiger partial charge on any atom is 0.460 e. The van der Waals surface area contributed by atoms with E-state index in [0.717, 1.165) is 0 Å². The molecule has 0 aliphatic carbocycles. The fourth-order valence-electron chi connectivity index (χ4n) is 2.48. The Morgan fingerprint density at radius 2 is 0.644 bits per heavy atom. The summed E-state index contributed by atoms with van der Waals surface area (Å²) in [5.41, 5.74) is 0. The molecule has 270 valence electrons. The predicted octanol–water partition coefficient (Wildman–Crippen LogP) is 8.66. The minimum Gasteiger partial charge on any atom is -0.324 e. The molecular formula is C16H8F25O3P. The van der Waals surface area contributed by atoms with Gasteiger partial charge in [0, 0.05) is 6.42 Å². The Balaban J connectivity index is 6.91. The third kappa shape index (κ3) is 6.51. The van der Waals surface area contributed by atoms with Gasteiger partial charge in [0.1, 0.15) is 0 Å². The number of halogens is 25. The van der Waals surface area contributed by atoms with Gasteiger partial charge in [0.15, 0.2) is 0 Å². The molecule has 0 aromatic heterocycles. The maximum atomic E-state index is 13.7. The average molecular weight is 754 g/mol. The summed E-state index contributed by atoms with van der Waals surface area (Å²) >= 11 is 0. The summed E-state index contributed by atoms with van der Waals surface area (Å²) in [6.45, 7) is 0. The van der Waals surface area contributed by atoms with Gasteiger partial charge < -0.3 is 9.79 Å². The molecule has 0 bridgehead atoms. The quantitative estimate of drug-likeness (QED) is 0.106. The van der Waals surface area contributed by atoms with Gasteiger partial charge in [0.05, 0.1) is 6.16 Å². The highest BCUT2D eigenvalue weighted by molar-refractivity contribution is 7.51. The minimum absolute atomic E-state index is 2.60. The highest BCUT2D eigenvalue weighted by Gasteiger charge is 2.92. The first-order valence-corrected chi connectivity index (χ1v) is 11.7. The van der Waals surface area contributed by atoms with Crippen LogP contribution in [0, 0.1) is 0 Å². The van der Waals surface area contributed by atoms with Crippen LogP contribution in [0.25, 0.3) is 0 Å². The smallest absolute Gasteiger partial charge is 0.324 e. The van der Waals surface area contributed by atoms with Crippen LogP contribution in [0.15, 0.2) is 12.2 Å².